The van der Waals surface area contributed by atoms with Gasteiger partial charge in [0.2, 0.25) is 5.91 Å². The summed E-state index contributed by atoms with van der Waals surface area (Å²) in [6, 6.07) is -1.61. The molecule has 12 heteroatoms. The van der Waals surface area contributed by atoms with E-state index in [1.807, 2.05) is 18.9 Å². The predicted molar refractivity (Wildman–Crippen MR) is 116 cm³/mol. The Bertz CT molecular complexity index is 784. The van der Waals surface area contributed by atoms with E-state index < -0.39 is 18.1 Å². The summed E-state index contributed by atoms with van der Waals surface area (Å²) >= 11 is 0. The molecule has 0 bridgehead atoms. The van der Waals surface area contributed by atoms with E-state index in [1.54, 1.807) is 0 Å². The number of amides is 1. The number of nitrogens with one attached hydrogen (secondary N) is 3. The van der Waals surface area contributed by atoms with Crippen LogP contribution in [-0.4, -0.2) is 63.9 Å². The van der Waals surface area contributed by atoms with Gasteiger partial charge in [-0.05, 0) is 28.0 Å². The quantitative estimate of drug-likeness (QED) is 0.215. The van der Waals surface area contributed by atoms with Crippen LogP contribution in [-0.2, 0) is 20.8 Å². The van der Waals surface area contributed by atoms with Crippen molar-refractivity contribution in [2.24, 2.45) is 5.73 Å². The second-order valence-corrected chi connectivity index (χ2v) is 9.04. The number of carbonyl (C=O) groups excluding carboxylic acids is 2. The zero-order valence-corrected chi connectivity index (χ0v) is 18.6. The Hall–Kier alpha value is -2.18. The number of hydrogen-bond donors (Lipinski definition) is 5. The lowest BCUT2D eigenvalue weighted by Crippen LogP contribution is -2.37. The Morgan fingerprint density at radius 2 is 2.20 bits per heavy atom. The van der Waals surface area contributed by atoms with Gasteiger partial charge in [0.25, 0.3) is 0 Å². The highest BCUT2D eigenvalue weighted by Crippen LogP contribution is 2.41. The minimum absolute atomic E-state index is 0.125. The minimum Gasteiger partial charge on any atom is -0.480 e. The van der Waals surface area contributed by atoms with E-state index in [0.29, 0.717) is 30.2 Å². The molecule has 1 amide bonds. The lowest BCUT2D eigenvalue weighted by atomic mass is 10.1. The van der Waals surface area contributed by atoms with Crippen molar-refractivity contribution in [3.8, 4) is 0 Å². The molecule has 2 heterocycles. The number of aliphatic carboxylic acids is 1. The van der Waals surface area contributed by atoms with Gasteiger partial charge in [-0.25, -0.2) is 4.98 Å². The number of carboxylic acids is 1. The van der Waals surface area contributed by atoms with Crippen LogP contribution >= 0.6 is 21.6 Å². The van der Waals surface area contributed by atoms with Crippen molar-refractivity contribution < 1.29 is 19.5 Å². The first-order valence-electron chi connectivity index (χ1n) is 9.63. The number of nitrogens with zero attached hydrogens (tertiary/aromatic N) is 2. The standard InChI is InChI=1S/C18H28N6O4S2/c1-3-4-5-15(26)23-11(8-25)6-14-17(24(2)10-22-14)30-29-16-13(20-9-21-16)7-12(19)18(27)28/h8-9,11-12,22H,3-7,10,19H2,1-2H3,(H,20,21)(H,23,26)(H,27,28). The number of H-pyrrole nitrogens is 1. The molecule has 6 N–H and O–H groups in total. The molecule has 2 rings (SSSR count). The second-order valence-electron chi connectivity index (χ2n) is 6.94. The van der Waals surface area contributed by atoms with Crippen LogP contribution in [0.5, 0.6) is 0 Å². The average molecular weight is 457 g/mol. The molecule has 1 aromatic heterocycles. The summed E-state index contributed by atoms with van der Waals surface area (Å²) in [6.07, 6.45) is 4.89. The van der Waals surface area contributed by atoms with Crippen LogP contribution in [0.3, 0.4) is 0 Å². The highest BCUT2D eigenvalue weighted by atomic mass is 33.1. The molecule has 2 unspecified atom stereocenters. The molecule has 0 saturated carbocycles. The molecule has 166 valence electrons. The minimum atomic E-state index is -1.07. The fourth-order valence-electron chi connectivity index (χ4n) is 2.75. The molecule has 1 aromatic rings. The molecule has 10 nitrogen and oxygen atoms in total. The lowest BCUT2D eigenvalue weighted by molar-refractivity contribution is -0.138. The van der Waals surface area contributed by atoms with E-state index in [1.165, 1.54) is 27.9 Å². The third kappa shape index (κ3) is 6.96. The van der Waals surface area contributed by atoms with Crippen molar-refractivity contribution in [3.05, 3.63) is 22.7 Å². The van der Waals surface area contributed by atoms with Crippen molar-refractivity contribution in [2.75, 3.05) is 13.7 Å². The number of carboxylic acid groups (broad SMARTS) is 1. The second kappa shape index (κ2) is 11.9. The van der Waals surface area contributed by atoms with Crippen molar-refractivity contribution in [1.82, 2.24) is 25.5 Å². The summed E-state index contributed by atoms with van der Waals surface area (Å²) < 4.78 is 0. The SMILES string of the molecule is CCCCC(=O)NC(C=O)CC1=C(SSc2nc[nH]c2CC(N)C(=O)O)N(C)CN1. The van der Waals surface area contributed by atoms with E-state index in [2.05, 4.69) is 20.6 Å². The Morgan fingerprint density at radius 1 is 1.43 bits per heavy atom. The summed E-state index contributed by atoms with van der Waals surface area (Å²) in [5.41, 5.74) is 7.14. The van der Waals surface area contributed by atoms with Gasteiger partial charge in [-0.2, -0.15) is 0 Å². The maximum Gasteiger partial charge on any atom is 0.320 e. The fraction of sp³-hybridized carbons (Fsp3) is 0.556. The Morgan fingerprint density at radius 3 is 2.87 bits per heavy atom. The zero-order chi connectivity index (χ0) is 22.1. The molecule has 2 atom stereocenters. The third-order valence-corrected chi connectivity index (χ3v) is 6.95. The van der Waals surface area contributed by atoms with Crippen LogP contribution in [0.1, 0.15) is 38.3 Å². The summed E-state index contributed by atoms with van der Waals surface area (Å²) in [4.78, 5) is 43.6. The van der Waals surface area contributed by atoms with Crippen molar-refractivity contribution in [1.29, 1.82) is 0 Å². The molecular formula is C18H28N6O4S2. The number of aldehydes is 1. The highest BCUT2D eigenvalue weighted by molar-refractivity contribution is 8.78. The smallest absolute Gasteiger partial charge is 0.320 e. The first-order chi connectivity index (χ1) is 14.3. The highest BCUT2D eigenvalue weighted by Gasteiger charge is 2.25. The van der Waals surface area contributed by atoms with Crippen LogP contribution in [0.25, 0.3) is 0 Å². The average Bonchev–Trinajstić information content (AvgIpc) is 3.30. The normalized spacial score (nSPS) is 15.6. The number of unbranched alkanes of at least 4 members (excludes halogenated alkanes) is 1. The van der Waals surface area contributed by atoms with Crippen LogP contribution in [0, 0.1) is 0 Å². The Kier molecular flexibility index (Phi) is 9.53. The number of imidazole rings is 1. The van der Waals surface area contributed by atoms with E-state index in [0.717, 1.165) is 29.9 Å². The maximum atomic E-state index is 12.0. The van der Waals surface area contributed by atoms with E-state index >= 15 is 0 Å². The van der Waals surface area contributed by atoms with Gasteiger partial charge in [0.1, 0.15) is 22.4 Å². The molecule has 1 aliphatic rings. The van der Waals surface area contributed by atoms with Crippen LogP contribution in [0.4, 0.5) is 0 Å². The van der Waals surface area contributed by atoms with E-state index in [-0.39, 0.29) is 12.3 Å². The van der Waals surface area contributed by atoms with Crippen molar-refractivity contribution >= 4 is 39.8 Å². The summed E-state index contributed by atoms with van der Waals surface area (Å²) in [6.45, 7) is 2.60. The molecule has 0 radical (unpaired) electrons. The molecule has 1 aliphatic heterocycles. The number of hydrogen-bond acceptors (Lipinski definition) is 9. The van der Waals surface area contributed by atoms with Crippen molar-refractivity contribution in [2.45, 2.75) is 56.1 Å². The number of rotatable bonds is 13. The van der Waals surface area contributed by atoms with Gasteiger partial charge in [0.05, 0.1) is 24.7 Å². The third-order valence-electron chi connectivity index (χ3n) is 4.45. The van der Waals surface area contributed by atoms with Gasteiger partial charge in [0.15, 0.2) is 0 Å². The molecule has 0 saturated heterocycles. The zero-order valence-electron chi connectivity index (χ0n) is 17.0. The molecule has 30 heavy (non-hydrogen) atoms. The molecule has 0 aliphatic carbocycles. The van der Waals surface area contributed by atoms with Crippen LogP contribution in [0.2, 0.25) is 0 Å². The summed E-state index contributed by atoms with van der Waals surface area (Å²) in [5, 5.41) is 16.6. The number of carbonyl (C=O) groups is 3. The van der Waals surface area contributed by atoms with E-state index in [9.17, 15) is 14.4 Å². The van der Waals surface area contributed by atoms with Crippen molar-refractivity contribution in [3.63, 3.8) is 0 Å². The van der Waals surface area contributed by atoms with Gasteiger partial charge in [-0.1, -0.05) is 13.3 Å². The van der Waals surface area contributed by atoms with Gasteiger partial charge >= 0.3 is 5.97 Å². The summed E-state index contributed by atoms with van der Waals surface area (Å²) in [7, 11) is 4.76. The van der Waals surface area contributed by atoms with Gasteiger partial charge in [-0.15, -0.1) is 0 Å². The van der Waals surface area contributed by atoms with Gasteiger partial charge in [0, 0.05) is 32.0 Å². The number of nitrogens with two attached hydrogens (primary N) is 1. The first kappa shape index (κ1) is 24.1. The molecular weight excluding hydrogens is 428 g/mol. The van der Waals surface area contributed by atoms with Crippen LogP contribution < -0.4 is 16.4 Å². The molecule has 0 fully saturated rings. The maximum absolute atomic E-state index is 12.0. The predicted octanol–water partition coefficient (Wildman–Crippen LogP) is 1.03. The topological polar surface area (TPSA) is 153 Å². The first-order valence-corrected chi connectivity index (χ1v) is 11.8. The monoisotopic (exact) mass is 456 g/mol. The summed E-state index contributed by atoms with van der Waals surface area (Å²) in [5.74, 6) is -1.20. The largest absolute Gasteiger partial charge is 0.480 e. The number of aromatic amines is 1. The number of aromatic nitrogens is 2. The lowest BCUT2D eigenvalue weighted by Gasteiger charge is -2.16. The fourth-order valence-corrected chi connectivity index (χ4v) is 5.28. The van der Waals surface area contributed by atoms with Gasteiger partial charge in [-0.3, -0.25) is 9.59 Å². The Labute approximate surface area is 183 Å². The Balaban J connectivity index is 2.01. The van der Waals surface area contributed by atoms with Crippen LogP contribution in [0.15, 0.2) is 22.1 Å². The molecule has 0 spiro atoms. The molecule has 0 aromatic carbocycles. The van der Waals surface area contributed by atoms with E-state index in [4.69, 9.17) is 10.8 Å². The van der Waals surface area contributed by atoms with Gasteiger partial charge < -0.3 is 36.2 Å².